The summed E-state index contributed by atoms with van der Waals surface area (Å²) >= 11 is 0. The number of hydrogen-bond donors (Lipinski definition) is 2. The van der Waals surface area contributed by atoms with E-state index < -0.39 is 0 Å². The molecule has 2 rings (SSSR count). The minimum Gasteiger partial charge on any atom is -0.310 e. The van der Waals surface area contributed by atoms with E-state index in [1.807, 2.05) is 6.20 Å². The van der Waals surface area contributed by atoms with E-state index in [0.29, 0.717) is 6.04 Å². The Morgan fingerprint density at radius 3 is 2.93 bits per heavy atom. The molecule has 84 valence electrons. The molecule has 0 amide bonds. The van der Waals surface area contributed by atoms with Gasteiger partial charge in [-0.1, -0.05) is 19.3 Å². The van der Waals surface area contributed by atoms with Crippen LogP contribution in [0.3, 0.4) is 0 Å². The molecule has 15 heavy (non-hydrogen) atoms. The topological polar surface area (TPSA) is 40.7 Å². The maximum atomic E-state index is 4.02. The second-order valence-corrected chi connectivity index (χ2v) is 4.83. The van der Waals surface area contributed by atoms with Gasteiger partial charge in [0.2, 0.25) is 0 Å². The summed E-state index contributed by atoms with van der Waals surface area (Å²) in [6.07, 6.45) is 7.57. The van der Waals surface area contributed by atoms with Crippen molar-refractivity contribution in [2.75, 3.05) is 0 Å². The van der Waals surface area contributed by atoms with Gasteiger partial charge in [-0.2, -0.15) is 5.10 Å². The van der Waals surface area contributed by atoms with Crippen LogP contribution in [0.2, 0.25) is 0 Å². The van der Waals surface area contributed by atoms with Crippen molar-refractivity contribution in [1.82, 2.24) is 15.5 Å². The van der Waals surface area contributed by atoms with Gasteiger partial charge in [0.1, 0.15) is 0 Å². The first kappa shape index (κ1) is 10.7. The minimum atomic E-state index is 0.629. The zero-order chi connectivity index (χ0) is 10.7. The number of hydrogen-bond acceptors (Lipinski definition) is 2. The fraction of sp³-hybridized carbons (Fsp3) is 0.750. The molecule has 1 saturated carbocycles. The lowest BCUT2D eigenvalue weighted by Gasteiger charge is -2.28. The van der Waals surface area contributed by atoms with Gasteiger partial charge in [0.25, 0.3) is 0 Å². The van der Waals surface area contributed by atoms with E-state index >= 15 is 0 Å². The van der Waals surface area contributed by atoms with Crippen LogP contribution in [-0.4, -0.2) is 16.2 Å². The molecule has 1 fully saturated rings. The third-order valence-electron chi connectivity index (χ3n) is 3.49. The molecule has 1 aliphatic rings. The summed E-state index contributed by atoms with van der Waals surface area (Å²) in [5.74, 6) is 0.984. The molecule has 1 atom stereocenters. The van der Waals surface area contributed by atoms with E-state index in [-0.39, 0.29) is 0 Å². The number of aromatic amines is 1. The van der Waals surface area contributed by atoms with Crippen molar-refractivity contribution >= 4 is 0 Å². The summed E-state index contributed by atoms with van der Waals surface area (Å²) in [6, 6.07) is 0.629. The van der Waals surface area contributed by atoms with Gasteiger partial charge in [0.15, 0.2) is 0 Å². The number of aryl methyl sites for hydroxylation is 1. The van der Waals surface area contributed by atoms with Crippen LogP contribution in [0, 0.1) is 12.8 Å². The minimum absolute atomic E-state index is 0.629. The van der Waals surface area contributed by atoms with E-state index in [0.717, 1.165) is 12.5 Å². The molecule has 0 aliphatic heterocycles. The average molecular weight is 207 g/mol. The van der Waals surface area contributed by atoms with Crippen LogP contribution >= 0.6 is 0 Å². The molecule has 0 aromatic carbocycles. The Balaban J connectivity index is 1.70. The van der Waals surface area contributed by atoms with E-state index in [1.165, 1.54) is 36.9 Å². The van der Waals surface area contributed by atoms with Gasteiger partial charge < -0.3 is 5.32 Å². The average Bonchev–Trinajstić information content (AvgIpc) is 2.55. The molecule has 0 spiro atoms. The SMILES string of the molecule is Cc1[nH]ncc1CNC(C)CC1CCC1. The number of rotatable bonds is 5. The van der Waals surface area contributed by atoms with Crippen molar-refractivity contribution in [3.05, 3.63) is 17.5 Å². The summed E-state index contributed by atoms with van der Waals surface area (Å²) in [4.78, 5) is 0. The Morgan fingerprint density at radius 1 is 1.60 bits per heavy atom. The lowest BCUT2D eigenvalue weighted by Crippen LogP contribution is -2.29. The monoisotopic (exact) mass is 207 g/mol. The summed E-state index contributed by atoms with van der Waals surface area (Å²) in [6.45, 7) is 5.30. The second kappa shape index (κ2) is 4.79. The smallest absolute Gasteiger partial charge is 0.0535 e. The molecular weight excluding hydrogens is 186 g/mol. The molecule has 2 N–H and O–H groups in total. The molecular formula is C12H21N3. The van der Waals surface area contributed by atoms with Gasteiger partial charge in [-0.15, -0.1) is 0 Å². The van der Waals surface area contributed by atoms with Gasteiger partial charge in [-0.25, -0.2) is 0 Å². The van der Waals surface area contributed by atoms with E-state index in [4.69, 9.17) is 0 Å². The van der Waals surface area contributed by atoms with Crippen LogP contribution in [0.15, 0.2) is 6.20 Å². The predicted molar refractivity (Wildman–Crippen MR) is 61.6 cm³/mol. The number of aromatic nitrogens is 2. The second-order valence-electron chi connectivity index (χ2n) is 4.83. The Kier molecular flexibility index (Phi) is 3.41. The molecule has 1 aromatic heterocycles. The van der Waals surface area contributed by atoms with Crippen molar-refractivity contribution in [3.8, 4) is 0 Å². The van der Waals surface area contributed by atoms with Crippen LogP contribution < -0.4 is 5.32 Å². The highest BCUT2D eigenvalue weighted by atomic mass is 15.1. The fourth-order valence-corrected chi connectivity index (χ4v) is 2.15. The summed E-state index contributed by atoms with van der Waals surface area (Å²) in [5, 5.41) is 10.6. The van der Waals surface area contributed by atoms with E-state index in [1.54, 1.807) is 0 Å². The number of H-pyrrole nitrogens is 1. The molecule has 0 saturated heterocycles. The molecule has 1 heterocycles. The summed E-state index contributed by atoms with van der Waals surface area (Å²) < 4.78 is 0. The molecule has 3 nitrogen and oxygen atoms in total. The normalized spacial score (nSPS) is 18.8. The van der Waals surface area contributed by atoms with Crippen LogP contribution in [-0.2, 0) is 6.54 Å². The molecule has 1 unspecified atom stereocenters. The van der Waals surface area contributed by atoms with Crippen molar-refractivity contribution < 1.29 is 0 Å². The summed E-state index contributed by atoms with van der Waals surface area (Å²) in [7, 11) is 0. The van der Waals surface area contributed by atoms with Crippen LogP contribution in [0.1, 0.15) is 43.9 Å². The molecule has 1 aliphatic carbocycles. The van der Waals surface area contributed by atoms with Crippen LogP contribution in [0.4, 0.5) is 0 Å². The maximum absolute atomic E-state index is 4.02. The molecule has 1 aromatic rings. The Hall–Kier alpha value is -0.830. The highest BCUT2D eigenvalue weighted by Gasteiger charge is 2.19. The third kappa shape index (κ3) is 2.81. The zero-order valence-electron chi connectivity index (χ0n) is 9.71. The Labute approximate surface area is 91.7 Å². The van der Waals surface area contributed by atoms with Crippen molar-refractivity contribution in [1.29, 1.82) is 0 Å². The largest absolute Gasteiger partial charge is 0.310 e. The van der Waals surface area contributed by atoms with Crippen molar-refractivity contribution in [2.45, 2.75) is 52.1 Å². The van der Waals surface area contributed by atoms with Crippen molar-refractivity contribution in [2.24, 2.45) is 5.92 Å². The number of nitrogens with one attached hydrogen (secondary N) is 2. The first-order valence-corrected chi connectivity index (χ1v) is 5.98. The summed E-state index contributed by atoms with van der Waals surface area (Å²) in [5.41, 5.74) is 2.47. The van der Waals surface area contributed by atoms with E-state index in [2.05, 4.69) is 29.4 Å². The zero-order valence-corrected chi connectivity index (χ0v) is 9.71. The Morgan fingerprint density at radius 2 is 2.40 bits per heavy atom. The molecule has 0 radical (unpaired) electrons. The first-order valence-electron chi connectivity index (χ1n) is 5.98. The molecule has 3 heteroatoms. The maximum Gasteiger partial charge on any atom is 0.0535 e. The van der Waals surface area contributed by atoms with Crippen LogP contribution in [0.5, 0.6) is 0 Å². The lowest BCUT2D eigenvalue weighted by atomic mass is 9.81. The van der Waals surface area contributed by atoms with Crippen molar-refractivity contribution in [3.63, 3.8) is 0 Å². The highest BCUT2D eigenvalue weighted by molar-refractivity contribution is 5.13. The first-order chi connectivity index (χ1) is 7.25. The van der Waals surface area contributed by atoms with Gasteiger partial charge in [-0.05, 0) is 26.2 Å². The predicted octanol–water partition coefficient (Wildman–Crippen LogP) is 2.39. The third-order valence-corrected chi connectivity index (χ3v) is 3.49. The Bertz CT molecular complexity index is 302. The standard InChI is InChI=1S/C12H21N3/c1-9(6-11-4-3-5-11)13-7-12-8-14-15-10(12)2/h8-9,11,13H,3-7H2,1-2H3,(H,14,15). The lowest BCUT2D eigenvalue weighted by molar-refractivity contribution is 0.265. The quantitative estimate of drug-likeness (QED) is 0.778. The highest BCUT2D eigenvalue weighted by Crippen LogP contribution is 2.30. The van der Waals surface area contributed by atoms with E-state index in [9.17, 15) is 0 Å². The number of nitrogens with zero attached hydrogens (tertiary/aromatic N) is 1. The van der Waals surface area contributed by atoms with Gasteiger partial charge in [0, 0.05) is 23.8 Å². The molecule has 0 bridgehead atoms. The van der Waals surface area contributed by atoms with Gasteiger partial charge in [0.05, 0.1) is 6.20 Å². The van der Waals surface area contributed by atoms with Gasteiger partial charge in [-0.3, -0.25) is 5.10 Å². The van der Waals surface area contributed by atoms with Crippen LogP contribution in [0.25, 0.3) is 0 Å². The fourth-order valence-electron chi connectivity index (χ4n) is 2.15. The van der Waals surface area contributed by atoms with Gasteiger partial charge >= 0.3 is 0 Å².